The lowest BCUT2D eigenvalue weighted by Gasteiger charge is -2.39. The normalized spacial score (nSPS) is 25.2. The van der Waals surface area contributed by atoms with Gasteiger partial charge < -0.3 is 10.2 Å². The molecule has 6 heteroatoms. The first-order valence-corrected chi connectivity index (χ1v) is 8.65. The van der Waals surface area contributed by atoms with E-state index in [0.29, 0.717) is 12.6 Å². The Bertz CT molecular complexity index is 557. The molecule has 1 amide bonds. The van der Waals surface area contributed by atoms with Crippen LogP contribution in [0.3, 0.4) is 0 Å². The van der Waals surface area contributed by atoms with E-state index in [1.807, 2.05) is 11.0 Å². The fourth-order valence-electron chi connectivity index (χ4n) is 3.71. The number of piperidine rings is 1. The van der Waals surface area contributed by atoms with Crippen molar-refractivity contribution in [3.8, 4) is 0 Å². The third-order valence-corrected chi connectivity index (χ3v) is 5.05. The van der Waals surface area contributed by atoms with E-state index in [4.69, 9.17) is 0 Å². The van der Waals surface area contributed by atoms with Crippen molar-refractivity contribution < 1.29 is 9.18 Å². The Morgan fingerprint density at radius 2 is 2.17 bits per heavy atom. The highest BCUT2D eigenvalue weighted by Crippen LogP contribution is 2.24. The number of halogens is 2. The zero-order valence-corrected chi connectivity index (χ0v) is 15.0. The van der Waals surface area contributed by atoms with Crippen molar-refractivity contribution in [2.45, 2.75) is 38.3 Å². The molecule has 2 unspecified atom stereocenters. The molecule has 0 saturated carbocycles. The van der Waals surface area contributed by atoms with E-state index in [0.717, 1.165) is 44.6 Å². The molecule has 2 fully saturated rings. The minimum atomic E-state index is -0.219. The fourth-order valence-corrected chi connectivity index (χ4v) is 3.71. The van der Waals surface area contributed by atoms with Gasteiger partial charge in [0.2, 0.25) is 5.91 Å². The zero-order chi connectivity index (χ0) is 16.2. The third kappa shape index (κ3) is 4.47. The smallest absolute Gasteiger partial charge is 0.237 e. The highest BCUT2D eigenvalue weighted by molar-refractivity contribution is 5.85. The van der Waals surface area contributed by atoms with Gasteiger partial charge in [-0.3, -0.25) is 9.69 Å². The Labute approximate surface area is 149 Å². The maximum Gasteiger partial charge on any atom is 0.237 e. The first-order chi connectivity index (χ1) is 11.1. The van der Waals surface area contributed by atoms with Gasteiger partial charge in [-0.15, -0.1) is 12.4 Å². The second kappa shape index (κ2) is 8.79. The molecule has 2 aliphatic rings. The Hall–Kier alpha value is -1.17. The predicted molar refractivity (Wildman–Crippen MR) is 95.9 cm³/mol. The Morgan fingerprint density at radius 1 is 1.33 bits per heavy atom. The molecule has 0 aromatic heterocycles. The average molecular weight is 356 g/mol. The van der Waals surface area contributed by atoms with E-state index in [9.17, 15) is 9.18 Å². The molecule has 0 radical (unpaired) electrons. The summed E-state index contributed by atoms with van der Waals surface area (Å²) in [6.07, 6.45) is 3.41. The summed E-state index contributed by atoms with van der Waals surface area (Å²) in [6, 6.07) is 7.13. The largest absolute Gasteiger partial charge is 0.339 e. The van der Waals surface area contributed by atoms with E-state index in [-0.39, 0.29) is 30.2 Å². The summed E-state index contributed by atoms with van der Waals surface area (Å²) in [5, 5.41) is 3.36. The van der Waals surface area contributed by atoms with Crippen LogP contribution < -0.4 is 5.32 Å². The number of benzene rings is 1. The van der Waals surface area contributed by atoms with Crippen molar-refractivity contribution in [1.29, 1.82) is 0 Å². The van der Waals surface area contributed by atoms with Gasteiger partial charge in [-0.05, 0) is 43.9 Å². The molecular formula is C18H27ClFN3O. The number of hydrogen-bond donors (Lipinski definition) is 1. The molecule has 1 aromatic rings. The van der Waals surface area contributed by atoms with Gasteiger partial charge in [0.25, 0.3) is 0 Å². The van der Waals surface area contributed by atoms with Gasteiger partial charge in [0.15, 0.2) is 0 Å². The third-order valence-electron chi connectivity index (χ3n) is 5.05. The number of carbonyl (C=O) groups excluding carboxylic acids is 1. The highest BCUT2D eigenvalue weighted by atomic mass is 35.5. The van der Waals surface area contributed by atoms with Crippen molar-refractivity contribution in [2.75, 3.05) is 32.7 Å². The van der Waals surface area contributed by atoms with Crippen molar-refractivity contribution >= 4 is 18.3 Å². The summed E-state index contributed by atoms with van der Waals surface area (Å²) >= 11 is 0. The van der Waals surface area contributed by atoms with Crippen LogP contribution in [0, 0.1) is 5.82 Å². The molecule has 134 valence electrons. The topological polar surface area (TPSA) is 35.6 Å². The quantitative estimate of drug-likeness (QED) is 0.905. The summed E-state index contributed by atoms with van der Waals surface area (Å²) in [5.41, 5.74) is 0.941. The predicted octanol–water partition coefficient (Wildman–Crippen LogP) is 2.59. The SMILES string of the molecule is CC1CCCCN1C(=O)CN1CCNCC1c1cccc(F)c1.Cl. The van der Waals surface area contributed by atoms with Crippen molar-refractivity contribution in [1.82, 2.24) is 15.1 Å². The molecule has 24 heavy (non-hydrogen) atoms. The summed E-state index contributed by atoms with van der Waals surface area (Å²) in [5.74, 6) is -0.00972. The molecule has 2 heterocycles. The molecule has 2 saturated heterocycles. The molecule has 2 aliphatic heterocycles. The van der Waals surface area contributed by atoms with Gasteiger partial charge in [-0.2, -0.15) is 0 Å². The lowest BCUT2D eigenvalue weighted by Crippen LogP contribution is -2.52. The van der Waals surface area contributed by atoms with Crippen LogP contribution >= 0.6 is 12.4 Å². The Morgan fingerprint density at radius 3 is 2.92 bits per heavy atom. The maximum absolute atomic E-state index is 13.5. The molecule has 3 rings (SSSR count). The number of hydrogen-bond acceptors (Lipinski definition) is 3. The summed E-state index contributed by atoms with van der Waals surface area (Å²) in [7, 11) is 0. The highest BCUT2D eigenvalue weighted by Gasteiger charge is 2.29. The van der Waals surface area contributed by atoms with E-state index in [1.54, 1.807) is 12.1 Å². The van der Waals surface area contributed by atoms with Crippen LogP contribution in [-0.4, -0.2) is 54.5 Å². The molecule has 4 nitrogen and oxygen atoms in total. The van der Waals surface area contributed by atoms with Crippen LogP contribution in [0.15, 0.2) is 24.3 Å². The van der Waals surface area contributed by atoms with Crippen LogP contribution in [0.4, 0.5) is 4.39 Å². The van der Waals surface area contributed by atoms with Crippen molar-refractivity contribution in [3.63, 3.8) is 0 Å². The molecular weight excluding hydrogens is 329 g/mol. The number of nitrogens with one attached hydrogen (secondary N) is 1. The zero-order valence-electron chi connectivity index (χ0n) is 14.2. The number of nitrogens with zero attached hydrogens (tertiary/aromatic N) is 2. The van der Waals surface area contributed by atoms with E-state index in [2.05, 4.69) is 17.1 Å². The first-order valence-electron chi connectivity index (χ1n) is 8.65. The molecule has 0 aliphatic carbocycles. The Kier molecular flexibility index (Phi) is 7.02. The summed E-state index contributed by atoms with van der Waals surface area (Å²) in [4.78, 5) is 16.9. The van der Waals surface area contributed by atoms with Gasteiger partial charge in [0.1, 0.15) is 5.82 Å². The first kappa shape index (κ1) is 19.2. The lowest BCUT2D eigenvalue weighted by molar-refractivity contribution is -0.136. The number of piperazine rings is 1. The van der Waals surface area contributed by atoms with Gasteiger partial charge in [0.05, 0.1) is 6.54 Å². The van der Waals surface area contributed by atoms with Crippen LogP contribution in [-0.2, 0) is 4.79 Å². The average Bonchev–Trinajstić information content (AvgIpc) is 2.55. The van der Waals surface area contributed by atoms with Gasteiger partial charge >= 0.3 is 0 Å². The van der Waals surface area contributed by atoms with Gasteiger partial charge in [-0.25, -0.2) is 4.39 Å². The number of rotatable bonds is 3. The monoisotopic (exact) mass is 355 g/mol. The maximum atomic E-state index is 13.5. The molecule has 0 spiro atoms. The second-order valence-electron chi connectivity index (χ2n) is 6.68. The summed E-state index contributed by atoms with van der Waals surface area (Å²) < 4.78 is 13.5. The van der Waals surface area contributed by atoms with E-state index >= 15 is 0 Å². The fraction of sp³-hybridized carbons (Fsp3) is 0.611. The van der Waals surface area contributed by atoms with Gasteiger partial charge in [0, 0.05) is 38.3 Å². The number of carbonyl (C=O) groups is 1. The summed E-state index contributed by atoms with van der Waals surface area (Å²) in [6.45, 7) is 5.87. The van der Waals surface area contributed by atoms with Crippen LogP contribution in [0.2, 0.25) is 0 Å². The van der Waals surface area contributed by atoms with Crippen LogP contribution in [0.25, 0.3) is 0 Å². The van der Waals surface area contributed by atoms with Crippen LogP contribution in [0.1, 0.15) is 37.8 Å². The van der Waals surface area contributed by atoms with Crippen molar-refractivity contribution in [2.24, 2.45) is 0 Å². The minimum Gasteiger partial charge on any atom is -0.339 e. The standard InChI is InChI=1S/C18H26FN3O.ClH/c1-14-5-2-3-9-22(14)18(23)13-21-10-8-20-12-17(21)15-6-4-7-16(19)11-15;/h4,6-7,11,14,17,20H,2-3,5,8-10,12-13H2,1H3;1H. The second-order valence-corrected chi connectivity index (χ2v) is 6.68. The molecule has 0 bridgehead atoms. The molecule has 1 aromatic carbocycles. The Balaban J connectivity index is 0.00000208. The van der Waals surface area contributed by atoms with E-state index < -0.39 is 0 Å². The van der Waals surface area contributed by atoms with Crippen LogP contribution in [0.5, 0.6) is 0 Å². The number of likely N-dealkylation sites (tertiary alicyclic amines) is 1. The minimum absolute atomic E-state index is 0. The lowest BCUT2D eigenvalue weighted by atomic mass is 10.0. The van der Waals surface area contributed by atoms with E-state index in [1.165, 1.54) is 12.5 Å². The number of amides is 1. The molecule has 1 N–H and O–H groups in total. The molecule has 2 atom stereocenters. The van der Waals surface area contributed by atoms with Crippen molar-refractivity contribution in [3.05, 3.63) is 35.6 Å². The van der Waals surface area contributed by atoms with Gasteiger partial charge in [-0.1, -0.05) is 12.1 Å².